The molecule has 0 saturated heterocycles. The van der Waals surface area contributed by atoms with Crippen LogP contribution in [0.5, 0.6) is 0 Å². The zero-order chi connectivity index (χ0) is 19.5. The first-order chi connectivity index (χ1) is 13.4. The van der Waals surface area contributed by atoms with E-state index in [4.69, 9.17) is 9.97 Å². The van der Waals surface area contributed by atoms with Crippen LogP contribution in [0.15, 0.2) is 48.5 Å². The van der Waals surface area contributed by atoms with Crippen molar-refractivity contribution in [1.82, 2.24) is 15.3 Å². The minimum absolute atomic E-state index is 0.0870. The molecular weight excluding hydrogens is 346 g/mol. The first-order valence-electron chi connectivity index (χ1n) is 10.0. The van der Waals surface area contributed by atoms with Crippen LogP contribution in [0.4, 0.5) is 0 Å². The van der Waals surface area contributed by atoms with E-state index in [-0.39, 0.29) is 17.2 Å². The van der Waals surface area contributed by atoms with Crippen molar-refractivity contribution in [3.05, 3.63) is 71.0 Å². The molecule has 28 heavy (non-hydrogen) atoms. The fourth-order valence-corrected chi connectivity index (χ4v) is 5.37. The minimum atomic E-state index is -0.602. The van der Waals surface area contributed by atoms with Gasteiger partial charge in [0.05, 0.1) is 27.8 Å². The first-order valence-corrected chi connectivity index (χ1v) is 10.0. The standard InChI is InChI=1S/C24H25N3O/c1-15-8-10-16(11-9-15)14-25-22(28)24-13-12-17(23(24,2)3)20-21(24)27-19-7-5-4-6-18(19)26-20/h4-11,17H,12-14H2,1-3H3,(H,25,28). The Morgan fingerprint density at radius 2 is 1.75 bits per heavy atom. The van der Waals surface area contributed by atoms with E-state index in [0.717, 1.165) is 40.8 Å². The molecule has 1 heterocycles. The Balaban J connectivity index is 1.55. The Bertz CT molecular complexity index is 1090. The molecule has 4 heteroatoms. The molecular formula is C24H25N3O. The van der Waals surface area contributed by atoms with Gasteiger partial charge in [0.1, 0.15) is 0 Å². The topological polar surface area (TPSA) is 54.9 Å². The average molecular weight is 371 g/mol. The zero-order valence-corrected chi connectivity index (χ0v) is 16.6. The van der Waals surface area contributed by atoms with Crippen molar-refractivity contribution in [2.24, 2.45) is 5.41 Å². The van der Waals surface area contributed by atoms with Crippen molar-refractivity contribution in [2.75, 3.05) is 0 Å². The summed E-state index contributed by atoms with van der Waals surface area (Å²) in [5, 5.41) is 3.22. The van der Waals surface area contributed by atoms with E-state index in [0.29, 0.717) is 6.54 Å². The van der Waals surface area contributed by atoms with E-state index in [2.05, 4.69) is 50.4 Å². The second kappa shape index (κ2) is 5.87. The number of nitrogens with one attached hydrogen (secondary N) is 1. The van der Waals surface area contributed by atoms with E-state index in [1.807, 2.05) is 24.3 Å². The van der Waals surface area contributed by atoms with Crippen LogP contribution in [0.1, 0.15) is 55.1 Å². The van der Waals surface area contributed by atoms with Gasteiger partial charge in [0.15, 0.2) is 0 Å². The maximum atomic E-state index is 13.6. The maximum Gasteiger partial charge on any atom is 0.233 e. The van der Waals surface area contributed by atoms with Gasteiger partial charge >= 0.3 is 0 Å². The number of hydrogen-bond donors (Lipinski definition) is 1. The van der Waals surface area contributed by atoms with Crippen molar-refractivity contribution in [3.8, 4) is 0 Å². The Labute approximate surface area is 165 Å². The molecule has 5 rings (SSSR count). The lowest BCUT2D eigenvalue weighted by Gasteiger charge is -2.36. The monoisotopic (exact) mass is 371 g/mol. The molecule has 142 valence electrons. The van der Waals surface area contributed by atoms with Crippen LogP contribution in [0, 0.1) is 12.3 Å². The Kier molecular flexibility index (Phi) is 3.64. The molecule has 1 aromatic heterocycles. The normalized spacial score (nSPS) is 24.3. The van der Waals surface area contributed by atoms with Crippen molar-refractivity contribution < 1.29 is 4.79 Å². The van der Waals surface area contributed by atoms with Crippen LogP contribution < -0.4 is 5.32 Å². The summed E-state index contributed by atoms with van der Waals surface area (Å²) in [6.45, 7) is 7.03. The second-order valence-electron chi connectivity index (χ2n) is 8.83. The molecule has 2 bridgehead atoms. The summed E-state index contributed by atoms with van der Waals surface area (Å²) in [5.41, 5.74) is 5.26. The van der Waals surface area contributed by atoms with Gasteiger partial charge in [-0.15, -0.1) is 0 Å². The van der Waals surface area contributed by atoms with Crippen LogP contribution in [-0.4, -0.2) is 15.9 Å². The summed E-state index contributed by atoms with van der Waals surface area (Å²) in [5.74, 6) is 0.369. The smallest absolute Gasteiger partial charge is 0.233 e. The summed E-state index contributed by atoms with van der Waals surface area (Å²) in [6, 6.07) is 16.3. The zero-order valence-electron chi connectivity index (χ0n) is 16.6. The lowest BCUT2D eigenvalue weighted by atomic mass is 9.67. The molecule has 1 amide bonds. The van der Waals surface area contributed by atoms with Crippen molar-refractivity contribution >= 4 is 16.9 Å². The van der Waals surface area contributed by atoms with Gasteiger partial charge in [-0.05, 0) is 42.9 Å². The van der Waals surface area contributed by atoms with E-state index in [1.54, 1.807) is 0 Å². The van der Waals surface area contributed by atoms with Crippen molar-refractivity contribution in [2.45, 2.75) is 51.5 Å². The fraction of sp³-hybridized carbons (Fsp3) is 0.375. The van der Waals surface area contributed by atoms with Gasteiger partial charge in [-0.25, -0.2) is 9.97 Å². The van der Waals surface area contributed by atoms with E-state index < -0.39 is 5.41 Å². The number of nitrogens with zero attached hydrogens (tertiary/aromatic N) is 2. The second-order valence-corrected chi connectivity index (χ2v) is 8.83. The molecule has 0 radical (unpaired) electrons. The summed E-state index contributed by atoms with van der Waals surface area (Å²) in [6.07, 6.45) is 1.83. The van der Waals surface area contributed by atoms with Crippen molar-refractivity contribution in [3.63, 3.8) is 0 Å². The van der Waals surface area contributed by atoms with Crippen LogP contribution >= 0.6 is 0 Å². The summed E-state index contributed by atoms with van der Waals surface area (Å²) in [4.78, 5) is 23.5. The molecule has 3 aromatic rings. The third kappa shape index (κ3) is 2.20. The number of aryl methyl sites for hydroxylation is 1. The molecule has 2 aliphatic carbocycles. The van der Waals surface area contributed by atoms with Crippen molar-refractivity contribution in [1.29, 1.82) is 0 Å². The average Bonchev–Trinajstić information content (AvgIpc) is 3.07. The Morgan fingerprint density at radius 3 is 2.46 bits per heavy atom. The molecule has 4 nitrogen and oxygen atoms in total. The largest absolute Gasteiger partial charge is 0.351 e. The van der Waals surface area contributed by atoms with Gasteiger partial charge in [-0.2, -0.15) is 0 Å². The van der Waals surface area contributed by atoms with Crippen LogP contribution in [0.2, 0.25) is 0 Å². The number of fused-ring (bicyclic) bond motifs is 6. The molecule has 1 N–H and O–H groups in total. The number of aromatic nitrogens is 2. The molecule has 0 aliphatic heterocycles. The lowest BCUT2D eigenvalue weighted by Crippen LogP contribution is -2.49. The SMILES string of the molecule is Cc1ccc(CNC(=O)C23CCC(c4nc5ccccc5nc42)C3(C)C)cc1. The maximum absolute atomic E-state index is 13.6. The van der Waals surface area contributed by atoms with E-state index in [1.165, 1.54) is 5.56 Å². The predicted molar refractivity (Wildman–Crippen MR) is 110 cm³/mol. The number of carbonyl (C=O) groups is 1. The fourth-order valence-electron chi connectivity index (χ4n) is 5.37. The van der Waals surface area contributed by atoms with Gasteiger partial charge in [0, 0.05) is 12.5 Å². The summed E-state index contributed by atoms with van der Waals surface area (Å²) < 4.78 is 0. The number of para-hydroxylation sites is 2. The minimum Gasteiger partial charge on any atom is -0.351 e. The third-order valence-electron chi connectivity index (χ3n) is 7.07. The van der Waals surface area contributed by atoms with Crippen LogP contribution in [0.3, 0.4) is 0 Å². The Morgan fingerprint density at radius 1 is 1.07 bits per heavy atom. The highest BCUT2D eigenvalue weighted by Gasteiger charge is 2.67. The molecule has 2 unspecified atom stereocenters. The number of amides is 1. The number of hydrogen-bond acceptors (Lipinski definition) is 3. The quantitative estimate of drug-likeness (QED) is 0.742. The first kappa shape index (κ1) is 17.4. The van der Waals surface area contributed by atoms with Crippen LogP contribution in [0.25, 0.3) is 11.0 Å². The Hall–Kier alpha value is -2.75. The number of benzene rings is 2. The third-order valence-corrected chi connectivity index (χ3v) is 7.07. The van der Waals surface area contributed by atoms with Gasteiger partial charge < -0.3 is 5.32 Å². The molecule has 2 atom stereocenters. The van der Waals surface area contributed by atoms with Gasteiger partial charge in [-0.3, -0.25) is 4.79 Å². The molecule has 2 aromatic carbocycles. The highest BCUT2D eigenvalue weighted by molar-refractivity contribution is 5.92. The molecule has 1 saturated carbocycles. The number of carbonyl (C=O) groups excluding carboxylic acids is 1. The summed E-state index contributed by atoms with van der Waals surface area (Å²) >= 11 is 0. The van der Waals surface area contributed by atoms with E-state index in [9.17, 15) is 4.79 Å². The number of rotatable bonds is 3. The van der Waals surface area contributed by atoms with Gasteiger partial charge in [0.25, 0.3) is 0 Å². The highest BCUT2D eigenvalue weighted by atomic mass is 16.2. The highest BCUT2D eigenvalue weighted by Crippen LogP contribution is 2.67. The molecule has 1 fully saturated rings. The van der Waals surface area contributed by atoms with Crippen LogP contribution in [-0.2, 0) is 16.8 Å². The molecule has 2 aliphatic rings. The van der Waals surface area contributed by atoms with Gasteiger partial charge in [0.2, 0.25) is 5.91 Å². The molecule has 0 spiro atoms. The summed E-state index contributed by atoms with van der Waals surface area (Å²) in [7, 11) is 0. The lowest BCUT2D eigenvalue weighted by molar-refractivity contribution is -0.130. The van der Waals surface area contributed by atoms with Gasteiger partial charge in [-0.1, -0.05) is 55.8 Å². The predicted octanol–water partition coefficient (Wildman–Crippen LogP) is 4.41. The van der Waals surface area contributed by atoms with E-state index >= 15 is 0 Å².